The van der Waals surface area contributed by atoms with Gasteiger partial charge in [0.15, 0.2) is 0 Å². The fourth-order valence-electron chi connectivity index (χ4n) is 1.51. The molecule has 2 nitrogen and oxygen atoms in total. The number of nitrogens with zero attached hydrogens (tertiary/aromatic N) is 2. The molecule has 0 bridgehead atoms. The summed E-state index contributed by atoms with van der Waals surface area (Å²) in [7, 11) is 2.02. The molecule has 1 aromatic rings. The van der Waals surface area contributed by atoms with E-state index in [1.807, 2.05) is 11.9 Å². The molecular weight excluding hydrogens is 148 g/mol. The van der Waals surface area contributed by atoms with Gasteiger partial charge in [-0.05, 0) is 19.1 Å². The van der Waals surface area contributed by atoms with Gasteiger partial charge < -0.3 is 9.80 Å². The average Bonchev–Trinajstić information content (AvgIpc) is 2.44. The van der Waals surface area contributed by atoms with E-state index in [0.29, 0.717) is 0 Å². The Morgan fingerprint density at radius 2 is 1.92 bits per heavy atom. The third-order valence-corrected chi connectivity index (χ3v) is 2.12. The van der Waals surface area contributed by atoms with Crippen LogP contribution in [0.25, 0.3) is 0 Å². The second-order valence-corrected chi connectivity index (χ2v) is 2.89. The van der Waals surface area contributed by atoms with Gasteiger partial charge in [0.2, 0.25) is 6.67 Å². The molecule has 2 heteroatoms. The van der Waals surface area contributed by atoms with Gasteiger partial charge in [0.05, 0.1) is 11.4 Å². The minimum Gasteiger partial charge on any atom is -0.343 e. The van der Waals surface area contributed by atoms with Crippen LogP contribution < -0.4 is 9.80 Å². The molecule has 0 N–H and O–H groups in total. The third kappa shape index (κ3) is 0.951. The molecule has 0 aromatic heterocycles. The van der Waals surface area contributed by atoms with Crippen LogP contribution in [0.4, 0.5) is 11.4 Å². The lowest BCUT2D eigenvalue weighted by atomic mass is 10.2. The van der Waals surface area contributed by atoms with E-state index in [1.165, 1.54) is 11.4 Å². The van der Waals surface area contributed by atoms with Gasteiger partial charge in [-0.3, -0.25) is 0 Å². The fraction of sp³-hybridized carbons (Fsp3) is 0.300. The Morgan fingerprint density at radius 3 is 2.58 bits per heavy atom. The molecule has 12 heavy (non-hydrogen) atoms. The van der Waals surface area contributed by atoms with Crippen LogP contribution >= 0.6 is 0 Å². The summed E-state index contributed by atoms with van der Waals surface area (Å²) in [6.45, 7) is 6.34. The maximum Gasteiger partial charge on any atom is 0.208 e. The van der Waals surface area contributed by atoms with Crippen LogP contribution in [-0.4, -0.2) is 13.6 Å². The molecule has 0 amide bonds. The second kappa shape index (κ2) is 2.70. The molecular formula is C10H12N2. The van der Waals surface area contributed by atoms with Crippen LogP contribution in [0.1, 0.15) is 6.92 Å². The molecule has 62 valence electrons. The lowest BCUT2D eigenvalue weighted by Gasteiger charge is -2.13. The van der Waals surface area contributed by atoms with Crippen LogP contribution in [0.15, 0.2) is 24.3 Å². The van der Waals surface area contributed by atoms with E-state index in [-0.39, 0.29) is 0 Å². The number of para-hydroxylation sites is 2. The van der Waals surface area contributed by atoms with Gasteiger partial charge >= 0.3 is 0 Å². The summed E-state index contributed by atoms with van der Waals surface area (Å²) < 4.78 is 0. The van der Waals surface area contributed by atoms with Crippen molar-refractivity contribution in [3.63, 3.8) is 0 Å². The van der Waals surface area contributed by atoms with Gasteiger partial charge in [-0.2, -0.15) is 0 Å². The van der Waals surface area contributed by atoms with Crippen molar-refractivity contribution in [3.05, 3.63) is 30.9 Å². The summed E-state index contributed by atoms with van der Waals surface area (Å²) in [5.74, 6) is 0. The molecule has 0 saturated heterocycles. The first-order valence-corrected chi connectivity index (χ1v) is 4.19. The molecule has 2 rings (SSSR count). The van der Waals surface area contributed by atoms with Crippen molar-refractivity contribution in [1.82, 2.24) is 0 Å². The molecule has 1 aliphatic rings. The monoisotopic (exact) mass is 160 g/mol. The van der Waals surface area contributed by atoms with Gasteiger partial charge in [0, 0.05) is 13.6 Å². The van der Waals surface area contributed by atoms with Crippen molar-refractivity contribution in [2.24, 2.45) is 0 Å². The Kier molecular flexibility index (Phi) is 1.68. The number of hydrogen-bond donors (Lipinski definition) is 0. The molecule has 0 spiro atoms. The molecule has 0 fully saturated rings. The molecule has 0 unspecified atom stereocenters. The van der Waals surface area contributed by atoms with E-state index >= 15 is 0 Å². The number of fused-ring (bicyclic) bond motifs is 1. The zero-order valence-corrected chi connectivity index (χ0v) is 7.41. The quantitative estimate of drug-likeness (QED) is 0.619. The topological polar surface area (TPSA) is 6.48 Å². The zero-order chi connectivity index (χ0) is 8.55. The molecule has 2 radical (unpaired) electrons. The van der Waals surface area contributed by atoms with Crippen molar-refractivity contribution in [2.75, 3.05) is 23.4 Å². The van der Waals surface area contributed by atoms with Gasteiger partial charge in [0.25, 0.3) is 0 Å². The van der Waals surface area contributed by atoms with Gasteiger partial charge in [-0.15, -0.1) is 0 Å². The standard InChI is InChI=1S/C10H12N2/c1-3-12-8-11(2)9-6-4-5-7-10(9)12/h4-7H,3H2,1-2H3. The first-order valence-electron chi connectivity index (χ1n) is 4.19. The zero-order valence-electron chi connectivity index (χ0n) is 7.41. The number of benzene rings is 1. The third-order valence-electron chi connectivity index (χ3n) is 2.12. The average molecular weight is 160 g/mol. The van der Waals surface area contributed by atoms with E-state index in [4.69, 9.17) is 0 Å². The minimum atomic E-state index is 0.974. The van der Waals surface area contributed by atoms with Gasteiger partial charge in [0.1, 0.15) is 0 Å². The summed E-state index contributed by atoms with van der Waals surface area (Å²) in [6, 6.07) is 8.34. The SMILES string of the molecule is CCN1[C]N(C)c2ccccc21. The van der Waals surface area contributed by atoms with Gasteiger partial charge in [-0.1, -0.05) is 12.1 Å². The highest BCUT2D eigenvalue weighted by atomic mass is 15.4. The van der Waals surface area contributed by atoms with E-state index in [0.717, 1.165) is 6.54 Å². The first kappa shape index (κ1) is 7.47. The van der Waals surface area contributed by atoms with Crippen LogP contribution in [-0.2, 0) is 0 Å². The van der Waals surface area contributed by atoms with E-state index in [1.54, 1.807) is 0 Å². The Morgan fingerprint density at radius 1 is 1.25 bits per heavy atom. The maximum absolute atomic E-state index is 3.24. The Labute approximate surface area is 73.4 Å². The molecule has 1 aliphatic heterocycles. The first-order chi connectivity index (χ1) is 5.83. The number of rotatable bonds is 1. The van der Waals surface area contributed by atoms with Crippen LogP contribution in [0, 0.1) is 6.67 Å². The lowest BCUT2D eigenvalue weighted by Crippen LogP contribution is -2.21. The summed E-state index contributed by atoms with van der Waals surface area (Å²) >= 11 is 0. The predicted octanol–water partition coefficient (Wildman–Crippen LogP) is 1.96. The molecule has 1 heterocycles. The Bertz CT molecular complexity index is 283. The van der Waals surface area contributed by atoms with Crippen LogP contribution in [0.2, 0.25) is 0 Å². The van der Waals surface area contributed by atoms with E-state index in [2.05, 4.69) is 42.8 Å². The van der Waals surface area contributed by atoms with Crippen LogP contribution in [0.3, 0.4) is 0 Å². The molecule has 0 aliphatic carbocycles. The molecule has 0 saturated carbocycles. The summed E-state index contributed by atoms with van der Waals surface area (Å²) in [5.41, 5.74) is 2.49. The highest BCUT2D eigenvalue weighted by Crippen LogP contribution is 2.35. The smallest absolute Gasteiger partial charge is 0.208 e. The number of anilines is 2. The van der Waals surface area contributed by atoms with Crippen molar-refractivity contribution in [3.8, 4) is 0 Å². The molecule has 0 atom stereocenters. The van der Waals surface area contributed by atoms with E-state index < -0.39 is 0 Å². The van der Waals surface area contributed by atoms with Crippen molar-refractivity contribution in [1.29, 1.82) is 0 Å². The van der Waals surface area contributed by atoms with E-state index in [9.17, 15) is 0 Å². The van der Waals surface area contributed by atoms with Crippen molar-refractivity contribution >= 4 is 11.4 Å². The maximum atomic E-state index is 3.24. The normalized spacial score (nSPS) is 15.2. The predicted molar refractivity (Wildman–Crippen MR) is 51.1 cm³/mol. The summed E-state index contributed by atoms with van der Waals surface area (Å²) in [4.78, 5) is 4.15. The summed E-state index contributed by atoms with van der Waals surface area (Å²) in [5, 5.41) is 0. The lowest BCUT2D eigenvalue weighted by molar-refractivity contribution is 0.941. The Balaban J connectivity index is 2.43. The number of hydrogen-bond acceptors (Lipinski definition) is 2. The molecule has 1 aromatic carbocycles. The van der Waals surface area contributed by atoms with Crippen molar-refractivity contribution in [2.45, 2.75) is 6.92 Å². The Hall–Kier alpha value is -1.18. The van der Waals surface area contributed by atoms with Gasteiger partial charge in [-0.25, -0.2) is 0 Å². The fourth-order valence-corrected chi connectivity index (χ4v) is 1.51. The second-order valence-electron chi connectivity index (χ2n) is 2.89. The van der Waals surface area contributed by atoms with Crippen LogP contribution in [0.5, 0.6) is 0 Å². The largest absolute Gasteiger partial charge is 0.343 e. The highest BCUT2D eigenvalue weighted by Gasteiger charge is 2.22. The minimum absolute atomic E-state index is 0.974. The van der Waals surface area contributed by atoms with Crippen molar-refractivity contribution < 1.29 is 0 Å². The summed E-state index contributed by atoms with van der Waals surface area (Å²) in [6.07, 6.45) is 0. The highest BCUT2D eigenvalue weighted by molar-refractivity contribution is 5.77.